The van der Waals surface area contributed by atoms with Gasteiger partial charge in [-0.15, -0.1) is 0 Å². The fraction of sp³-hybridized carbons (Fsp3) is 0.654. The molecule has 0 bridgehead atoms. The Morgan fingerprint density at radius 1 is 1.15 bits per heavy atom. The van der Waals surface area contributed by atoms with Gasteiger partial charge in [0.15, 0.2) is 0 Å². The summed E-state index contributed by atoms with van der Waals surface area (Å²) in [5.41, 5.74) is 6.78. The normalized spacial score (nSPS) is 23.4. The highest BCUT2D eigenvalue weighted by Gasteiger charge is 2.50. The van der Waals surface area contributed by atoms with Crippen molar-refractivity contribution in [2.24, 2.45) is 11.7 Å². The maximum Gasteiger partial charge on any atom is 0.326 e. The largest absolute Gasteiger partial charge is 0.480 e. The van der Waals surface area contributed by atoms with Gasteiger partial charge in [-0.2, -0.15) is 0 Å². The predicted octanol–water partition coefficient (Wildman–Crippen LogP) is 2.49. The molecule has 0 radical (unpaired) electrons. The number of aryl methyl sites for hydroxylation is 1. The van der Waals surface area contributed by atoms with Gasteiger partial charge in [-0.05, 0) is 69.9 Å². The van der Waals surface area contributed by atoms with Crippen LogP contribution in [0.15, 0.2) is 30.3 Å². The number of hydrogen-bond acceptors (Lipinski definition) is 6. The van der Waals surface area contributed by atoms with Gasteiger partial charge in [-0.1, -0.05) is 43.2 Å². The highest BCUT2D eigenvalue weighted by atomic mass is 16.5. The zero-order chi connectivity index (χ0) is 24.5. The Balaban J connectivity index is 1.79. The Kier molecular flexibility index (Phi) is 9.89. The molecule has 8 heteroatoms. The third-order valence-electron chi connectivity index (χ3n) is 7.16. The number of carboxylic acid groups (broad SMARTS) is 1. The van der Waals surface area contributed by atoms with Crippen LogP contribution >= 0.6 is 0 Å². The Hall–Kier alpha value is -2.45. The van der Waals surface area contributed by atoms with Gasteiger partial charge < -0.3 is 20.5 Å². The van der Waals surface area contributed by atoms with E-state index in [-0.39, 0.29) is 30.4 Å². The van der Waals surface area contributed by atoms with Crippen LogP contribution in [0.5, 0.6) is 0 Å². The fourth-order valence-corrected chi connectivity index (χ4v) is 5.49. The van der Waals surface area contributed by atoms with Gasteiger partial charge in [0.05, 0.1) is 12.6 Å². The number of ether oxygens (including phenoxy) is 1. The number of benzene rings is 1. The van der Waals surface area contributed by atoms with Crippen LogP contribution in [0.25, 0.3) is 0 Å². The van der Waals surface area contributed by atoms with Gasteiger partial charge in [0, 0.05) is 6.04 Å². The molecule has 34 heavy (non-hydrogen) atoms. The summed E-state index contributed by atoms with van der Waals surface area (Å²) < 4.78 is 5.31. The van der Waals surface area contributed by atoms with Gasteiger partial charge in [0.25, 0.3) is 0 Å². The molecule has 8 nitrogen and oxygen atoms in total. The molecular weight excluding hydrogens is 434 g/mol. The lowest BCUT2D eigenvalue weighted by molar-refractivity contribution is -0.152. The number of carboxylic acids is 1. The second kappa shape index (κ2) is 12.9. The molecule has 0 spiro atoms. The maximum absolute atomic E-state index is 13.8. The molecular formula is C26H39N3O5. The number of amides is 1. The van der Waals surface area contributed by atoms with Crippen molar-refractivity contribution >= 4 is 17.8 Å². The predicted molar refractivity (Wildman–Crippen MR) is 129 cm³/mol. The second-order valence-electron chi connectivity index (χ2n) is 9.43. The summed E-state index contributed by atoms with van der Waals surface area (Å²) >= 11 is 0. The molecule has 1 aromatic carbocycles. The molecule has 1 saturated heterocycles. The van der Waals surface area contributed by atoms with E-state index >= 15 is 0 Å². The first kappa shape index (κ1) is 26.2. The lowest BCUT2D eigenvalue weighted by Gasteiger charge is -2.33. The molecule has 4 N–H and O–H groups in total. The van der Waals surface area contributed by atoms with E-state index in [4.69, 9.17) is 10.5 Å². The van der Waals surface area contributed by atoms with Crippen molar-refractivity contribution in [1.29, 1.82) is 0 Å². The number of likely N-dealkylation sites (tertiary alicyclic amines) is 1. The second-order valence-corrected chi connectivity index (χ2v) is 9.43. The first-order chi connectivity index (χ1) is 16.5. The number of hydrogen-bond donors (Lipinski definition) is 3. The third kappa shape index (κ3) is 6.57. The number of nitrogens with one attached hydrogen (secondary N) is 1. The van der Waals surface area contributed by atoms with Crippen LogP contribution in [-0.2, 0) is 25.5 Å². The third-order valence-corrected chi connectivity index (χ3v) is 7.16. The van der Waals surface area contributed by atoms with E-state index in [1.54, 1.807) is 11.8 Å². The monoisotopic (exact) mass is 473 g/mol. The number of aliphatic carboxylic acids is 1. The summed E-state index contributed by atoms with van der Waals surface area (Å²) in [6, 6.07) is 7.74. The molecule has 5 atom stereocenters. The van der Waals surface area contributed by atoms with E-state index in [0.29, 0.717) is 38.6 Å². The van der Waals surface area contributed by atoms with E-state index in [1.807, 2.05) is 30.3 Å². The van der Waals surface area contributed by atoms with Crippen LogP contribution in [0.2, 0.25) is 0 Å². The van der Waals surface area contributed by atoms with Crippen LogP contribution in [0.1, 0.15) is 63.9 Å². The average molecular weight is 474 g/mol. The molecule has 4 unspecified atom stereocenters. The minimum absolute atomic E-state index is 0.0298. The van der Waals surface area contributed by atoms with Crippen molar-refractivity contribution in [3.8, 4) is 0 Å². The maximum atomic E-state index is 13.8. The van der Waals surface area contributed by atoms with Crippen molar-refractivity contribution in [3.05, 3.63) is 35.9 Å². The minimum atomic E-state index is -0.950. The first-order valence-electron chi connectivity index (χ1n) is 12.7. The van der Waals surface area contributed by atoms with Crippen molar-refractivity contribution < 1.29 is 24.2 Å². The van der Waals surface area contributed by atoms with E-state index in [1.165, 1.54) is 0 Å². The standard InChI is InChI=1S/C26H39N3O5/c1-2-34-26(33)21(15-14-18-9-4-3-5-10-18)28-20(12-6-7-16-27)24(30)29-22-13-8-11-19(22)17-23(29)25(31)32/h3-5,9-10,19-23,28H,2,6-8,11-17,27H2,1H3,(H,31,32)/t19?,20-,21?,22?,23?/m0/s1. The molecule has 0 aromatic heterocycles. The number of nitrogens with two attached hydrogens (primary N) is 1. The Labute approximate surface area is 202 Å². The summed E-state index contributed by atoms with van der Waals surface area (Å²) in [6.45, 7) is 2.53. The van der Waals surface area contributed by atoms with Crippen LogP contribution in [0.3, 0.4) is 0 Å². The highest BCUT2D eigenvalue weighted by molar-refractivity contribution is 5.89. The summed E-state index contributed by atoms with van der Waals surface area (Å²) in [4.78, 5) is 40.2. The van der Waals surface area contributed by atoms with Gasteiger partial charge in [-0.3, -0.25) is 14.9 Å². The molecule has 3 rings (SSSR count). The minimum Gasteiger partial charge on any atom is -0.480 e. The quantitative estimate of drug-likeness (QED) is 0.297. The van der Waals surface area contributed by atoms with E-state index in [9.17, 15) is 19.5 Å². The Bertz CT molecular complexity index is 818. The topological polar surface area (TPSA) is 122 Å². The number of rotatable bonds is 13. The molecule has 1 aliphatic heterocycles. The van der Waals surface area contributed by atoms with Crippen LogP contribution in [0.4, 0.5) is 0 Å². The Morgan fingerprint density at radius 2 is 1.91 bits per heavy atom. The molecule has 2 fully saturated rings. The lowest BCUT2D eigenvalue weighted by Crippen LogP contribution is -2.56. The van der Waals surface area contributed by atoms with Crippen molar-refractivity contribution in [2.75, 3.05) is 13.2 Å². The van der Waals surface area contributed by atoms with Crippen molar-refractivity contribution in [2.45, 2.75) is 88.9 Å². The van der Waals surface area contributed by atoms with E-state index in [2.05, 4.69) is 5.32 Å². The smallest absolute Gasteiger partial charge is 0.326 e. The highest BCUT2D eigenvalue weighted by Crippen LogP contribution is 2.41. The Morgan fingerprint density at radius 3 is 2.59 bits per heavy atom. The number of nitrogens with zero attached hydrogens (tertiary/aromatic N) is 1. The summed E-state index contributed by atoms with van der Waals surface area (Å²) in [5, 5.41) is 13.1. The number of carbonyl (C=O) groups is 3. The van der Waals surface area contributed by atoms with E-state index in [0.717, 1.165) is 31.2 Å². The number of unbranched alkanes of at least 4 members (excludes halogenated alkanes) is 1. The zero-order valence-corrected chi connectivity index (χ0v) is 20.2. The van der Waals surface area contributed by atoms with Crippen molar-refractivity contribution in [1.82, 2.24) is 10.2 Å². The summed E-state index contributed by atoms with van der Waals surface area (Å²) in [7, 11) is 0. The van der Waals surface area contributed by atoms with E-state index < -0.39 is 24.1 Å². The number of fused-ring (bicyclic) bond motifs is 1. The lowest BCUT2D eigenvalue weighted by atomic mass is 10.0. The van der Waals surface area contributed by atoms with Crippen LogP contribution in [-0.4, -0.2) is 65.2 Å². The summed E-state index contributed by atoms with van der Waals surface area (Å²) in [6.07, 6.45) is 6.44. The number of carbonyl (C=O) groups excluding carboxylic acids is 2. The fourth-order valence-electron chi connectivity index (χ4n) is 5.49. The van der Waals surface area contributed by atoms with Crippen molar-refractivity contribution in [3.63, 3.8) is 0 Å². The number of esters is 1. The SMILES string of the molecule is CCOC(=O)C(CCc1ccccc1)N[C@@H](CCCCN)C(=O)N1C(C(=O)O)CC2CCCC21. The molecule has 1 aliphatic carbocycles. The molecule has 1 saturated carbocycles. The van der Waals surface area contributed by atoms with Crippen LogP contribution < -0.4 is 11.1 Å². The molecule has 188 valence electrons. The summed E-state index contributed by atoms with van der Waals surface area (Å²) in [5.74, 6) is -1.30. The van der Waals surface area contributed by atoms with Gasteiger partial charge in [0.2, 0.25) is 5.91 Å². The molecule has 1 aromatic rings. The van der Waals surface area contributed by atoms with Gasteiger partial charge in [-0.25, -0.2) is 4.79 Å². The molecule has 1 amide bonds. The molecule has 1 heterocycles. The average Bonchev–Trinajstić information content (AvgIpc) is 3.42. The van der Waals surface area contributed by atoms with Crippen LogP contribution in [0, 0.1) is 5.92 Å². The van der Waals surface area contributed by atoms with Gasteiger partial charge in [0.1, 0.15) is 12.1 Å². The zero-order valence-electron chi connectivity index (χ0n) is 20.2. The van der Waals surface area contributed by atoms with Gasteiger partial charge >= 0.3 is 11.9 Å². The molecule has 2 aliphatic rings. The first-order valence-corrected chi connectivity index (χ1v) is 12.7.